The van der Waals surface area contributed by atoms with Gasteiger partial charge in [0.2, 0.25) is 0 Å². The first kappa shape index (κ1) is 13.8. The van der Waals surface area contributed by atoms with Crippen LogP contribution >= 0.6 is 15.9 Å². The van der Waals surface area contributed by atoms with Crippen molar-refractivity contribution in [3.8, 4) is 0 Å². The summed E-state index contributed by atoms with van der Waals surface area (Å²) in [6.45, 7) is 4.39. The molecule has 0 spiro atoms. The number of hydrogen-bond acceptors (Lipinski definition) is 3. The van der Waals surface area contributed by atoms with Crippen molar-refractivity contribution in [2.45, 2.75) is 19.8 Å². The lowest BCUT2D eigenvalue weighted by molar-refractivity contribution is 0.0950. The normalized spacial score (nSPS) is 12.2. The molecule has 0 saturated heterocycles. The van der Waals surface area contributed by atoms with Gasteiger partial charge >= 0.3 is 0 Å². The Labute approximate surface area is 120 Å². The molecule has 0 bridgehead atoms. The van der Waals surface area contributed by atoms with Gasteiger partial charge in [-0.2, -0.15) is 0 Å². The second kappa shape index (κ2) is 6.02. The zero-order chi connectivity index (χ0) is 13.8. The van der Waals surface area contributed by atoms with Gasteiger partial charge in [0, 0.05) is 11.0 Å². The lowest BCUT2D eigenvalue weighted by Gasteiger charge is -2.12. The maximum Gasteiger partial charge on any atom is 0.256 e. The van der Waals surface area contributed by atoms with Crippen molar-refractivity contribution < 1.29 is 9.32 Å². The minimum Gasteiger partial charge on any atom is -0.364 e. The van der Waals surface area contributed by atoms with Gasteiger partial charge in [-0.15, -0.1) is 0 Å². The van der Waals surface area contributed by atoms with Crippen LogP contribution in [0.3, 0.4) is 0 Å². The van der Waals surface area contributed by atoms with Gasteiger partial charge in [-0.05, 0) is 30.5 Å². The second-order valence-electron chi connectivity index (χ2n) is 4.48. The van der Waals surface area contributed by atoms with Crippen LogP contribution in [0.2, 0.25) is 0 Å². The van der Waals surface area contributed by atoms with Gasteiger partial charge in [0.05, 0.1) is 5.69 Å². The highest BCUT2D eigenvalue weighted by Crippen LogP contribution is 2.18. The molecule has 1 aromatic heterocycles. The van der Waals surface area contributed by atoms with Crippen molar-refractivity contribution in [1.82, 2.24) is 10.5 Å². The van der Waals surface area contributed by atoms with Crippen molar-refractivity contribution >= 4 is 21.8 Å². The number of nitrogens with one attached hydrogen (secondary N) is 1. The van der Waals surface area contributed by atoms with Crippen LogP contribution in [-0.2, 0) is 0 Å². The van der Waals surface area contributed by atoms with E-state index < -0.39 is 0 Å². The van der Waals surface area contributed by atoms with E-state index in [2.05, 4.69) is 33.3 Å². The molecule has 0 aliphatic heterocycles. The summed E-state index contributed by atoms with van der Waals surface area (Å²) < 4.78 is 5.80. The first-order valence-corrected chi connectivity index (χ1v) is 6.82. The SMILES string of the molecule is Cc1nocc1C(=O)NCC(C)c1ccc(Br)cc1. The monoisotopic (exact) mass is 322 g/mol. The van der Waals surface area contributed by atoms with Crippen molar-refractivity contribution in [1.29, 1.82) is 0 Å². The fourth-order valence-electron chi connectivity index (χ4n) is 1.76. The van der Waals surface area contributed by atoms with E-state index in [1.165, 1.54) is 11.8 Å². The molecule has 0 radical (unpaired) electrons. The Morgan fingerprint density at radius 3 is 2.68 bits per heavy atom. The van der Waals surface area contributed by atoms with Gasteiger partial charge in [-0.3, -0.25) is 4.79 Å². The van der Waals surface area contributed by atoms with Crippen LogP contribution in [0.5, 0.6) is 0 Å². The molecule has 0 aliphatic carbocycles. The standard InChI is InChI=1S/C14H15BrN2O2/c1-9(11-3-5-12(15)6-4-11)7-16-14(18)13-8-19-17-10(13)2/h3-6,8-9H,7H2,1-2H3,(H,16,18). The Balaban J connectivity index is 1.94. The summed E-state index contributed by atoms with van der Waals surface area (Å²) >= 11 is 3.40. The molecule has 1 N–H and O–H groups in total. The Hall–Kier alpha value is -1.62. The molecule has 4 nitrogen and oxygen atoms in total. The third-order valence-corrected chi connectivity index (χ3v) is 3.53. The third-order valence-electron chi connectivity index (χ3n) is 3.00. The number of hydrogen-bond donors (Lipinski definition) is 1. The van der Waals surface area contributed by atoms with Crippen LogP contribution in [0.15, 0.2) is 39.5 Å². The summed E-state index contributed by atoms with van der Waals surface area (Å²) in [7, 11) is 0. The van der Waals surface area contributed by atoms with Gasteiger partial charge in [0.1, 0.15) is 11.8 Å². The molecule has 1 amide bonds. The number of halogens is 1. The number of carbonyl (C=O) groups excluding carboxylic acids is 1. The molecular formula is C14H15BrN2O2. The zero-order valence-corrected chi connectivity index (χ0v) is 12.4. The number of aromatic nitrogens is 1. The molecule has 2 rings (SSSR count). The maximum atomic E-state index is 11.9. The molecule has 100 valence electrons. The molecule has 1 atom stereocenters. The van der Waals surface area contributed by atoms with E-state index in [1.807, 2.05) is 24.3 Å². The highest BCUT2D eigenvalue weighted by Gasteiger charge is 2.13. The van der Waals surface area contributed by atoms with Crippen LogP contribution < -0.4 is 5.32 Å². The van der Waals surface area contributed by atoms with E-state index in [-0.39, 0.29) is 11.8 Å². The Kier molecular flexibility index (Phi) is 4.37. The minimum atomic E-state index is -0.150. The number of aryl methyl sites for hydroxylation is 1. The van der Waals surface area contributed by atoms with Crippen LogP contribution in [0.1, 0.15) is 34.5 Å². The van der Waals surface area contributed by atoms with E-state index in [0.717, 1.165) is 4.47 Å². The van der Waals surface area contributed by atoms with Gasteiger partial charge in [0.15, 0.2) is 0 Å². The van der Waals surface area contributed by atoms with E-state index in [0.29, 0.717) is 17.8 Å². The highest BCUT2D eigenvalue weighted by molar-refractivity contribution is 9.10. The van der Waals surface area contributed by atoms with Crippen LogP contribution in [-0.4, -0.2) is 17.6 Å². The Bertz CT molecular complexity index is 563. The summed E-state index contributed by atoms with van der Waals surface area (Å²) in [5.74, 6) is 0.0972. The number of amides is 1. The molecule has 1 aromatic carbocycles. The average Bonchev–Trinajstić information content (AvgIpc) is 2.83. The molecule has 1 heterocycles. The molecule has 0 aliphatic rings. The average molecular weight is 323 g/mol. The number of nitrogens with zero attached hydrogens (tertiary/aromatic N) is 1. The first-order valence-electron chi connectivity index (χ1n) is 6.02. The molecule has 0 saturated carbocycles. The fraction of sp³-hybridized carbons (Fsp3) is 0.286. The van der Waals surface area contributed by atoms with Gasteiger partial charge < -0.3 is 9.84 Å². The van der Waals surface area contributed by atoms with Crippen LogP contribution in [0.25, 0.3) is 0 Å². The van der Waals surface area contributed by atoms with Crippen molar-refractivity contribution in [3.05, 3.63) is 51.8 Å². The van der Waals surface area contributed by atoms with E-state index >= 15 is 0 Å². The molecule has 2 aromatic rings. The summed E-state index contributed by atoms with van der Waals surface area (Å²) in [6, 6.07) is 8.09. The Morgan fingerprint density at radius 1 is 1.42 bits per heavy atom. The minimum absolute atomic E-state index is 0.150. The predicted molar refractivity (Wildman–Crippen MR) is 76.1 cm³/mol. The lowest BCUT2D eigenvalue weighted by Crippen LogP contribution is -2.27. The van der Waals surface area contributed by atoms with Crippen molar-refractivity contribution in [2.24, 2.45) is 0 Å². The van der Waals surface area contributed by atoms with E-state index in [9.17, 15) is 4.79 Å². The molecule has 1 unspecified atom stereocenters. The molecule has 5 heteroatoms. The quantitative estimate of drug-likeness (QED) is 0.939. The third kappa shape index (κ3) is 3.44. The molecule has 0 fully saturated rings. The van der Waals surface area contributed by atoms with Gasteiger partial charge in [-0.1, -0.05) is 40.1 Å². The first-order chi connectivity index (χ1) is 9.08. The summed E-state index contributed by atoms with van der Waals surface area (Å²) in [5.41, 5.74) is 2.28. The molecule has 19 heavy (non-hydrogen) atoms. The summed E-state index contributed by atoms with van der Waals surface area (Å²) in [4.78, 5) is 11.9. The van der Waals surface area contributed by atoms with Crippen molar-refractivity contribution in [2.75, 3.05) is 6.54 Å². The van der Waals surface area contributed by atoms with E-state index in [1.54, 1.807) is 6.92 Å². The number of carbonyl (C=O) groups is 1. The summed E-state index contributed by atoms with van der Waals surface area (Å²) in [5, 5.41) is 6.58. The second-order valence-corrected chi connectivity index (χ2v) is 5.39. The fourth-order valence-corrected chi connectivity index (χ4v) is 2.02. The maximum absolute atomic E-state index is 11.9. The number of rotatable bonds is 4. The topological polar surface area (TPSA) is 55.1 Å². The van der Waals surface area contributed by atoms with Gasteiger partial charge in [-0.25, -0.2) is 0 Å². The van der Waals surface area contributed by atoms with E-state index in [4.69, 9.17) is 4.52 Å². The predicted octanol–water partition coefficient (Wildman–Crippen LogP) is 3.28. The smallest absolute Gasteiger partial charge is 0.256 e. The zero-order valence-electron chi connectivity index (χ0n) is 10.8. The summed E-state index contributed by atoms with van der Waals surface area (Å²) in [6.07, 6.45) is 1.37. The van der Waals surface area contributed by atoms with Crippen LogP contribution in [0.4, 0.5) is 0 Å². The molecular weight excluding hydrogens is 308 g/mol. The number of benzene rings is 1. The van der Waals surface area contributed by atoms with Gasteiger partial charge in [0.25, 0.3) is 5.91 Å². The Morgan fingerprint density at radius 2 is 2.11 bits per heavy atom. The largest absolute Gasteiger partial charge is 0.364 e. The van der Waals surface area contributed by atoms with Crippen LogP contribution in [0, 0.1) is 6.92 Å². The lowest BCUT2D eigenvalue weighted by atomic mass is 10.0. The van der Waals surface area contributed by atoms with Crippen molar-refractivity contribution in [3.63, 3.8) is 0 Å². The highest BCUT2D eigenvalue weighted by atomic mass is 79.9.